The van der Waals surface area contributed by atoms with Gasteiger partial charge in [0.1, 0.15) is 6.10 Å². The van der Waals surface area contributed by atoms with Crippen LogP contribution >= 0.6 is 19.5 Å². The number of rotatable bonds is 14. The molecule has 12 nitrogen and oxygen atoms in total. The van der Waals surface area contributed by atoms with Gasteiger partial charge in [-0.15, -0.1) is 0 Å². The highest BCUT2D eigenvalue weighted by Gasteiger charge is 2.46. The van der Waals surface area contributed by atoms with Crippen LogP contribution in [0.5, 0.6) is 0 Å². The minimum absolute atomic E-state index is 0.109. The number of hydrogen-bond acceptors (Lipinski definition) is 10. The summed E-state index contributed by atoms with van der Waals surface area (Å²) in [7, 11) is -4.03. The fourth-order valence-electron chi connectivity index (χ4n) is 3.64. The maximum atomic E-state index is 13.9. The molecule has 1 aliphatic heterocycles. The molecule has 0 spiro atoms. The number of hydrogen-bond donors (Lipinski definition) is 4. The molecule has 0 unspecified atom stereocenters. The van der Waals surface area contributed by atoms with Crippen molar-refractivity contribution in [2.75, 3.05) is 32.2 Å². The predicted octanol–water partition coefficient (Wildman–Crippen LogP) is 1.59. The van der Waals surface area contributed by atoms with Crippen molar-refractivity contribution in [3.8, 4) is 0 Å². The summed E-state index contributed by atoms with van der Waals surface area (Å²) in [6.07, 6.45) is -2.74. The van der Waals surface area contributed by atoms with Gasteiger partial charge in [0, 0.05) is 30.5 Å². The number of aliphatic hydroxyl groups is 2. The third-order valence-electron chi connectivity index (χ3n) is 6.08. The smallest absolute Gasteiger partial charge is 0.395 e. The number of benzene rings is 1. The monoisotopic (exact) mass is 589 g/mol. The average Bonchev–Trinajstić information content (AvgIpc) is 3.24. The highest BCUT2D eigenvalue weighted by molar-refractivity contribution is 8.13. The topological polar surface area (TPSA) is 169 Å². The zero-order valence-electron chi connectivity index (χ0n) is 21.5. The predicted molar refractivity (Wildman–Crippen MR) is 142 cm³/mol. The van der Waals surface area contributed by atoms with Crippen molar-refractivity contribution in [2.45, 2.75) is 38.8 Å². The molecule has 5 atom stereocenters. The molecular formula is C24H33FN3O9PS. The number of alkyl halides is 1. The molecule has 1 aromatic carbocycles. The number of thioether (sulfide) groups is 1. The Morgan fingerprint density at radius 2 is 1.97 bits per heavy atom. The lowest BCUT2D eigenvalue weighted by Gasteiger charge is -2.23. The Balaban J connectivity index is 1.68. The molecule has 0 radical (unpaired) electrons. The van der Waals surface area contributed by atoms with Gasteiger partial charge in [0.15, 0.2) is 11.3 Å². The normalized spacial score (nSPS) is 23.0. The van der Waals surface area contributed by atoms with E-state index in [4.69, 9.17) is 13.8 Å². The number of aliphatic hydroxyl groups excluding tert-OH is 2. The van der Waals surface area contributed by atoms with Crippen LogP contribution in [-0.2, 0) is 29.7 Å². The van der Waals surface area contributed by atoms with Crippen LogP contribution in [0.3, 0.4) is 0 Å². The molecule has 0 saturated carbocycles. The lowest BCUT2D eigenvalue weighted by Crippen LogP contribution is -2.36. The molecular weight excluding hydrogens is 556 g/mol. The summed E-state index contributed by atoms with van der Waals surface area (Å²) >= 11 is 0.918. The van der Waals surface area contributed by atoms with Crippen LogP contribution < -0.4 is 16.3 Å². The zero-order valence-corrected chi connectivity index (χ0v) is 23.2. The molecule has 216 valence electrons. The molecule has 1 saturated heterocycles. The minimum Gasteiger partial charge on any atom is -0.395 e. The molecule has 0 aliphatic carbocycles. The quantitative estimate of drug-likeness (QED) is 0.186. The average molecular weight is 590 g/mol. The Morgan fingerprint density at radius 3 is 2.62 bits per heavy atom. The fraction of sp³-hybridized carbons (Fsp3) is 0.542. The number of aromatic nitrogens is 2. The lowest BCUT2D eigenvalue weighted by atomic mass is 9.97. The maximum absolute atomic E-state index is 13.9. The molecule has 3 rings (SSSR count). The number of nitrogens with zero attached hydrogens (tertiary/aromatic N) is 1. The van der Waals surface area contributed by atoms with Crippen molar-refractivity contribution in [3.63, 3.8) is 0 Å². The Bertz CT molecular complexity index is 1260. The van der Waals surface area contributed by atoms with E-state index < -0.39 is 62.0 Å². The van der Waals surface area contributed by atoms with Crippen LogP contribution in [0.4, 0.5) is 4.39 Å². The van der Waals surface area contributed by atoms with Gasteiger partial charge in [-0.2, -0.15) is 0 Å². The van der Waals surface area contributed by atoms with E-state index in [1.165, 1.54) is 0 Å². The Hall–Kier alpha value is -2.16. The van der Waals surface area contributed by atoms with Gasteiger partial charge in [0.05, 0.1) is 38.0 Å². The largest absolute Gasteiger partial charge is 0.405 e. The van der Waals surface area contributed by atoms with Crippen LogP contribution in [0.25, 0.3) is 0 Å². The van der Waals surface area contributed by atoms with Crippen molar-refractivity contribution in [1.29, 1.82) is 0 Å². The number of H-pyrrole nitrogens is 1. The second-order valence-corrected chi connectivity index (χ2v) is 12.4. The first-order valence-corrected chi connectivity index (χ1v) is 14.7. The van der Waals surface area contributed by atoms with Crippen molar-refractivity contribution < 1.29 is 37.7 Å². The highest BCUT2D eigenvalue weighted by atomic mass is 32.2. The maximum Gasteiger partial charge on any atom is 0.405 e. The van der Waals surface area contributed by atoms with Crippen molar-refractivity contribution in [3.05, 3.63) is 69.0 Å². The molecule has 1 aromatic heterocycles. The number of nitrogens with one attached hydrogen (secondary N) is 2. The van der Waals surface area contributed by atoms with Crippen molar-refractivity contribution >= 4 is 24.6 Å². The third kappa shape index (κ3) is 8.41. The number of carbonyl (C=O) groups is 1. The summed E-state index contributed by atoms with van der Waals surface area (Å²) in [5.41, 5.74) is -1.65. The van der Waals surface area contributed by atoms with Gasteiger partial charge >= 0.3 is 13.4 Å². The van der Waals surface area contributed by atoms with E-state index in [2.05, 4.69) is 5.09 Å². The Labute approximate surface area is 228 Å². The molecule has 4 N–H and O–H groups in total. The molecule has 1 aliphatic rings. The summed E-state index contributed by atoms with van der Waals surface area (Å²) < 4.78 is 45.2. The van der Waals surface area contributed by atoms with Gasteiger partial charge in [0.2, 0.25) is 0 Å². The molecule has 15 heteroatoms. The van der Waals surface area contributed by atoms with E-state index in [0.29, 0.717) is 0 Å². The zero-order chi connectivity index (χ0) is 28.6. The first kappa shape index (κ1) is 31.4. The van der Waals surface area contributed by atoms with Gasteiger partial charge in [0.25, 0.3) is 5.56 Å². The minimum atomic E-state index is -4.03. The van der Waals surface area contributed by atoms with E-state index in [1.54, 1.807) is 38.1 Å². The first-order chi connectivity index (χ1) is 18.5. The van der Waals surface area contributed by atoms with Crippen LogP contribution in [-0.4, -0.2) is 69.3 Å². The molecule has 2 aromatic rings. The molecule has 2 heterocycles. The van der Waals surface area contributed by atoms with Crippen LogP contribution in [0, 0.1) is 11.3 Å². The van der Waals surface area contributed by atoms with Gasteiger partial charge in [-0.05, 0) is 19.4 Å². The summed E-state index contributed by atoms with van der Waals surface area (Å²) in [5.74, 6) is -0.990. The van der Waals surface area contributed by atoms with E-state index in [-0.39, 0.29) is 30.6 Å². The van der Waals surface area contributed by atoms with E-state index >= 15 is 0 Å². The SMILES string of the molecule is CC(C)(CO)C(=O)SCCO[P@@](=O)(NCc1ccccc1)OC[C@H]1O[C@@H](n2ccc(=O)[nH]c2=O)[C@H](O)[C@@H]1CF. The molecule has 1 fully saturated rings. The standard InChI is InChI=1S/C24H33FN3O9PS/c1-24(2,15-29)22(32)39-11-10-35-38(34,26-13-16-6-4-3-5-7-16)36-14-18-17(12-25)20(31)21(37-18)28-9-8-19(30)27-23(28)33/h3-9,17-18,20-21,29,31H,10-15H2,1-2H3,(H,26,34)(H,27,30,33)/t17-,18-,20-,21-,38+/m1/s1. The fourth-order valence-corrected chi connectivity index (χ4v) is 5.88. The third-order valence-corrected chi connectivity index (χ3v) is 8.82. The molecule has 0 amide bonds. The van der Waals surface area contributed by atoms with Gasteiger partial charge < -0.3 is 14.9 Å². The Kier molecular flexibility index (Phi) is 11.2. The van der Waals surface area contributed by atoms with E-state index in [0.717, 1.165) is 34.2 Å². The van der Waals surface area contributed by atoms with Gasteiger partial charge in [-0.3, -0.25) is 32.6 Å². The summed E-state index contributed by atoms with van der Waals surface area (Å²) in [6.45, 7) is 1.36. The lowest BCUT2D eigenvalue weighted by molar-refractivity contribution is -0.119. The second kappa shape index (κ2) is 14.0. The number of halogens is 1. The first-order valence-electron chi connectivity index (χ1n) is 12.2. The number of aromatic amines is 1. The van der Waals surface area contributed by atoms with Crippen molar-refractivity contribution in [2.24, 2.45) is 11.3 Å². The second-order valence-electron chi connectivity index (χ2n) is 9.52. The Morgan fingerprint density at radius 1 is 1.26 bits per heavy atom. The van der Waals surface area contributed by atoms with Crippen LogP contribution in [0.15, 0.2) is 52.2 Å². The highest BCUT2D eigenvalue weighted by Crippen LogP contribution is 2.46. The van der Waals surface area contributed by atoms with E-state index in [9.17, 15) is 33.6 Å². The van der Waals surface area contributed by atoms with Gasteiger partial charge in [-0.1, -0.05) is 42.1 Å². The summed E-state index contributed by atoms with van der Waals surface area (Å²) in [4.78, 5) is 37.8. The van der Waals surface area contributed by atoms with Crippen LogP contribution in [0.2, 0.25) is 0 Å². The van der Waals surface area contributed by atoms with Gasteiger partial charge in [-0.25, -0.2) is 14.4 Å². The van der Waals surface area contributed by atoms with Crippen LogP contribution in [0.1, 0.15) is 25.6 Å². The summed E-state index contributed by atoms with van der Waals surface area (Å²) in [6, 6.07) is 10.1. The molecule has 39 heavy (non-hydrogen) atoms. The summed E-state index contributed by atoms with van der Waals surface area (Å²) in [5, 5.41) is 22.4. The molecule has 0 bridgehead atoms. The van der Waals surface area contributed by atoms with Crippen molar-refractivity contribution in [1.82, 2.24) is 14.6 Å². The van der Waals surface area contributed by atoms with E-state index in [1.807, 2.05) is 11.1 Å². The number of carbonyl (C=O) groups excluding carboxylic acids is 1. The number of ether oxygens (including phenoxy) is 1.